The second kappa shape index (κ2) is 9.23. The van der Waals surface area contributed by atoms with Crippen molar-refractivity contribution in [1.29, 1.82) is 0 Å². The molecule has 0 bridgehead atoms. The highest BCUT2D eigenvalue weighted by atomic mass is 32.2. The summed E-state index contributed by atoms with van der Waals surface area (Å²) >= 11 is 1.24. The molecule has 164 valence electrons. The largest absolute Gasteiger partial charge is 0.493 e. The van der Waals surface area contributed by atoms with Crippen LogP contribution in [-0.2, 0) is 9.84 Å². The minimum Gasteiger partial charge on any atom is -0.493 e. The van der Waals surface area contributed by atoms with Gasteiger partial charge in [0, 0.05) is 35.1 Å². The molecule has 2 aromatic carbocycles. The van der Waals surface area contributed by atoms with Gasteiger partial charge in [0.1, 0.15) is 5.69 Å². The quantitative estimate of drug-likeness (QED) is 0.521. The van der Waals surface area contributed by atoms with Gasteiger partial charge >= 0.3 is 0 Å². The number of amides is 1. The van der Waals surface area contributed by atoms with E-state index in [1.54, 1.807) is 29.6 Å². The van der Waals surface area contributed by atoms with Crippen molar-refractivity contribution in [2.75, 3.05) is 38.2 Å². The molecule has 0 radical (unpaired) electrons. The Morgan fingerprint density at radius 3 is 2.10 bits per heavy atom. The van der Waals surface area contributed by atoms with Crippen LogP contribution in [0.1, 0.15) is 10.5 Å². The van der Waals surface area contributed by atoms with E-state index in [4.69, 9.17) is 14.2 Å². The lowest BCUT2D eigenvalue weighted by molar-refractivity contribution is 0.102. The molecule has 0 atom stereocenters. The number of ether oxygens (including phenoxy) is 3. The van der Waals surface area contributed by atoms with E-state index in [0.29, 0.717) is 33.8 Å². The maximum atomic E-state index is 12.6. The summed E-state index contributed by atoms with van der Waals surface area (Å²) in [4.78, 5) is 17.1. The van der Waals surface area contributed by atoms with Crippen molar-refractivity contribution >= 4 is 43.6 Å². The van der Waals surface area contributed by atoms with E-state index >= 15 is 0 Å². The van der Waals surface area contributed by atoms with Gasteiger partial charge in [-0.25, -0.2) is 13.4 Å². The third-order valence-electron chi connectivity index (χ3n) is 4.19. The normalized spacial score (nSPS) is 11.0. The fraction of sp³-hybridized carbons (Fsp3) is 0.200. The number of methoxy groups -OCH3 is 3. The average Bonchev–Trinajstić information content (AvgIpc) is 3.21. The number of carbonyl (C=O) groups excluding carboxylic acids is 1. The SMILES string of the molecule is COc1cc(NC(=O)c2csc(Nc3ccc(S(C)(=O)=O)cc3)n2)cc(OC)c1OC. The summed E-state index contributed by atoms with van der Waals surface area (Å²) in [5, 5.41) is 7.90. The molecule has 0 saturated carbocycles. The average molecular weight is 464 g/mol. The van der Waals surface area contributed by atoms with E-state index in [2.05, 4.69) is 15.6 Å². The number of nitrogens with zero attached hydrogens (tertiary/aromatic N) is 1. The number of benzene rings is 2. The van der Waals surface area contributed by atoms with Gasteiger partial charge in [0.05, 0.1) is 26.2 Å². The Labute approximate surface area is 183 Å². The molecule has 31 heavy (non-hydrogen) atoms. The zero-order valence-electron chi connectivity index (χ0n) is 17.3. The summed E-state index contributed by atoms with van der Waals surface area (Å²) in [6, 6.07) is 9.51. The second-order valence-electron chi connectivity index (χ2n) is 6.33. The lowest BCUT2D eigenvalue weighted by Gasteiger charge is -2.14. The second-order valence-corrected chi connectivity index (χ2v) is 9.20. The van der Waals surface area contributed by atoms with Crippen molar-refractivity contribution in [1.82, 2.24) is 4.98 Å². The van der Waals surface area contributed by atoms with Crippen LogP contribution in [-0.4, -0.2) is 46.9 Å². The molecule has 0 unspecified atom stereocenters. The summed E-state index contributed by atoms with van der Waals surface area (Å²) < 4.78 is 39.0. The maximum Gasteiger partial charge on any atom is 0.275 e. The summed E-state index contributed by atoms with van der Waals surface area (Å²) in [5.74, 6) is 0.835. The predicted molar refractivity (Wildman–Crippen MR) is 119 cm³/mol. The van der Waals surface area contributed by atoms with Crippen LogP contribution in [0, 0.1) is 0 Å². The first-order valence-electron chi connectivity index (χ1n) is 8.89. The molecule has 2 N–H and O–H groups in total. The van der Waals surface area contributed by atoms with E-state index in [1.165, 1.54) is 44.8 Å². The van der Waals surface area contributed by atoms with Crippen molar-refractivity contribution in [3.8, 4) is 17.2 Å². The number of hydrogen-bond donors (Lipinski definition) is 2. The molecule has 1 heterocycles. The number of thiazole rings is 1. The van der Waals surface area contributed by atoms with Gasteiger partial charge < -0.3 is 24.8 Å². The van der Waals surface area contributed by atoms with Crippen LogP contribution in [0.25, 0.3) is 0 Å². The van der Waals surface area contributed by atoms with Crippen LogP contribution < -0.4 is 24.8 Å². The molecule has 0 aliphatic heterocycles. The first kappa shape index (κ1) is 22.4. The number of rotatable bonds is 8. The summed E-state index contributed by atoms with van der Waals surface area (Å²) in [5.41, 5.74) is 1.32. The van der Waals surface area contributed by atoms with Crippen molar-refractivity contribution < 1.29 is 27.4 Å². The Hall–Kier alpha value is -3.31. The molecule has 0 aliphatic carbocycles. The first-order chi connectivity index (χ1) is 14.7. The zero-order chi connectivity index (χ0) is 22.6. The molecule has 3 aromatic rings. The number of nitrogens with one attached hydrogen (secondary N) is 2. The maximum absolute atomic E-state index is 12.6. The molecular weight excluding hydrogens is 442 g/mol. The molecule has 3 rings (SSSR count). The molecule has 9 nitrogen and oxygen atoms in total. The summed E-state index contributed by atoms with van der Waals surface area (Å²) in [6.45, 7) is 0. The Kier molecular flexibility index (Phi) is 6.66. The van der Waals surface area contributed by atoms with Gasteiger partial charge in [-0.05, 0) is 24.3 Å². The molecule has 0 aliphatic rings. The van der Waals surface area contributed by atoms with Crippen LogP contribution in [0.5, 0.6) is 17.2 Å². The van der Waals surface area contributed by atoms with Crippen molar-refractivity contribution in [3.63, 3.8) is 0 Å². The first-order valence-corrected chi connectivity index (χ1v) is 11.7. The van der Waals surface area contributed by atoms with Crippen LogP contribution >= 0.6 is 11.3 Å². The monoisotopic (exact) mass is 463 g/mol. The third kappa shape index (κ3) is 5.25. The van der Waals surface area contributed by atoms with Gasteiger partial charge in [-0.15, -0.1) is 11.3 Å². The molecule has 0 spiro atoms. The molecular formula is C20H21N3O6S2. The Morgan fingerprint density at radius 2 is 1.58 bits per heavy atom. The molecule has 0 saturated heterocycles. The minimum atomic E-state index is -3.26. The molecule has 1 amide bonds. The number of sulfone groups is 1. The Morgan fingerprint density at radius 1 is 0.968 bits per heavy atom. The zero-order valence-corrected chi connectivity index (χ0v) is 18.9. The number of anilines is 3. The van der Waals surface area contributed by atoms with Crippen LogP contribution in [0.2, 0.25) is 0 Å². The molecule has 0 fully saturated rings. The van der Waals surface area contributed by atoms with E-state index in [-0.39, 0.29) is 10.6 Å². The smallest absolute Gasteiger partial charge is 0.275 e. The van der Waals surface area contributed by atoms with Gasteiger partial charge in [-0.2, -0.15) is 0 Å². The predicted octanol–water partition coefficient (Wildman–Crippen LogP) is 3.57. The number of aromatic nitrogens is 1. The van der Waals surface area contributed by atoms with E-state index in [9.17, 15) is 13.2 Å². The highest BCUT2D eigenvalue weighted by Gasteiger charge is 2.17. The topological polar surface area (TPSA) is 116 Å². The van der Waals surface area contributed by atoms with E-state index < -0.39 is 15.7 Å². The third-order valence-corrected chi connectivity index (χ3v) is 6.08. The number of carbonyl (C=O) groups is 1. The lowest BCUT2D eigenvalue weighted by atomic mass is 10.2. The van der Waals surface area contributed by atoms with Gasteiger partial charge in [0.15, 0.2) is 26.5 Å². The van der Waals surface area contributed by atoms with Crippen LogP contribution in [0.4, 0.5) is 16.5 Å². The summed E-state index contributed by atoms with van der Waals surface area (Å²) in [6.07, 6.45) is 1.15. The van der Waals surface area contributed by atoms with Crippen molar-refractivity contribution in [3.05, 3.63) is 47.5 Å². The minimum absolute atomic E-state index is 0.217. The van der Waals surface area contributed by atoms with Gasteiger partial charge in [0.25, 0.3) is 5.91 Å². The highest BCUT2D eigenvalue weighted by molar-refractivity contribution is 7.90. The molecule has 1 aromatic heterocycles. The van der Waals surface area contributed by atoms with E-state index in [1.807, 2.05) is 0 Å². The number of hydrogen-bond acceptors (Lipinski definition) is 9. The standard InChI is InChI=1S/C20H21N3O6S2/c1-27-16-9-13(10-17(28-2)18(16)29-3)21-19(24)15-11-30-20(23-15)22-12-5-7-14(8-6-12)31(4,25)26/h5-11H,1-4H3,(H,21,24)(H,22,23). The van der Waals surface area contributed by atoms with Crippen molar-refractivity contribution in [2.24, 2.45) is 0 Å². The lowest BCUT2D eigenvalue weighted by Crippen LogP contribution is -2.12. The Bertz CT molecular complexity index is 1160. The van der Waals surface area contributed by atoms with Crippen LogP contribution in [0.3, 0.4) is 0 Å². The fourth-order valence-corrected chi connectivity index (χ4v) is 4.03. The Balaban J connectivity index is 1.73. The fourth-order valence-electron chi connectivity index (χ4n) is 2.69. The van der Waals surface area contributed by atoms with Crippen LogP contribution in [0.15, 0.2) is 46.7 Å². The van der Waals surface area contributed by atoms with Gasteiger partial charge in [-0.3, -0.25) is 4.79 Å². The van der Waals surface area contributed by atoms with E-state index in [0.717, 1.165) is 6.26 Å². The van der Waals surface area contributed by atoms with Crippen molar-refractivity contribution in [2.45, 2.75) is 4.90 Å². The summed E-state index contributed by atoms with van der Waals surface area (Å²) in [7, 11) is 1.21. The highest BCUT2D eigenvalue weighted by Crippen LogP contribution is 2.40. The van der Waals surface area contributed by atoms with Gasteiger partial charge in [-0.1, -0.05) is 0 Å². The van der Waals surface area contributed by atoms with Gasteiger partial charge in [0.2, 0.25) is 5.75 Å². The molecule has 11 heteroatoms.